The molecule has 0 saturated heterocycles. The first-order valence-electron chi connectivity index (χ1n) is 5.37. The van der Waals surface area contributed by atoms with Crippen LogP contribution >= 0.6 is 0 Å². The van der Waals surface area contributed by atoms with Crippen LogP contribution in [0, 0.1) is 12.8 Å². The van der Waals surface area contributed by atoms with Gasteiger partial charge < -0.3 is 15.6 Å². The number of nitrogens with zero attached hydrogens (tertiary/aromatic N) is 2. The van der Waals surface area contributed by atoms with Gasteiger partial charge in [0.1, 0.15) is 0 Å². The summed E-state index contributed by atoms with van der Waals surface area (Å²) < 4.78 is 4.92. The maximum Gasteiger partial charge on any atom is 0.228 e. The Morgan fingerprint density at radius 1 is 1.62 bits per heavy atom. The molecule has 1 heterocycles. The lowest BCUT2D eigenvalue weighted by Gasteiger charge is -2.07. The third-order valence-electron chi connectivity index (χ3n) is 2.17. The molecule has 0 bridgehead atoms. The summed E-state index contributed by atoms with van der Waals surface area (Å²) in [6.45, 7) is 4.74. The number of carbonyl (C=O) groups excluding carboxylic acids is 1. The number of carbonyl (C=O) groups is 1. The Kier molecular flexibility index (Phi) is 4.91. The van der Waals surface area contributed by atoms with E-state index < -0.39 is 0 Å². The van der Waals surface area contributed by atoms with E-state index in [1.165, 1.54) is 0 Å². The van der Waals surface area contributed by atoms with Gasteiger partial charge in [-0.2, -0.15) is 4.98 Å². The van der Waals surface area contributed by atoms with Crippen LogP contribution < -0.4 is 11.1 Å². The second kappa shape index (κ2) is 6.22. The fraction of sp³-hybridized carbons (Fsp3) is 0.700. The maximum absolute atomic E-state index is 11.4. The lowest BCUT2D eigenvalue weighted by Crippen LogP contribution is -2.28. The van der Waals surface area contributed by atoms with E-state index in [0.29, 0.717) is 37.6 Å². The molecule has 16 heavy (non-hydrogen) atoms. The molecule has 90 valence electrons. The first-order valence-corrected chi connectivity index (χ1v) is 5.37. The summed E-state index contributed by atoms with van der Waals surface area (Å²) in [6, 6.07) is 0. The van der Waals surface area contributed by atoms with Gasteiger partial charge in [-0.15, -0.1) is 0 Å². The summed E-state index contributed by atoms with van der Waals surface area (Å²) in [5.74, 6) is 1.38. The van der Waals surface area contributed by atoms with E-state index in [2.05, 4.69) is 15.5 Å². The summed E-state index contributed by atoms with van der Waals surface area (Å²) >= 11 is 0. The zero-order valence-corrected chi connectivity index (χ0v) is 9.69. The molecule has 0 aliphatic rings. The van der Waals surface area contributed by atoms with Crippen molar-refractivity contribution in [2.24, 2.45) is 11.7 Å². The Morgan fingerprint density at radius 2 is 2.38 bits per heavy atom. The summed E-state index contributed by atoms with van der Waals surface area (Å²) in [5, 5.41) is 6.44. The highest BCUT2D eigenvalue weighted by atomic mass is 16.5. The quantitative estimate of drug-likeness (QED) is 0.713. The summed E-state index contributed by atoms with van der Waals surface area (Å²) in [5.41, 5.74) is 5.43. The van der Waals surface area contributed by atoms with Crippen molar-refractivity contribution in [2.45, 2.75) is 26.7 Å². The molecule has 6 heteroatoms. The molecule has 1 aromatic heterocycles. The molecule has 3 N–H and O–H groups in total. The molecule has 1 aromatic rings. The van der Waals surface area contributed by atoms with Crippen molar-refractivity contribution in [3.05, 3.63) is 11.7 Å². The maximum atomic E-state index is 11.4. The minimum Gasteiger partial charge on any atom is -0.356 e. The number of nitrogens with two attached hydrogens (primary N) is 1. The number of amides is 1. The Bertz CT molecular complexity index is 337. The van der Waals surface area contributed by atoms with Crippen LogP contribution in [0.25, 0.3) is 0 Å². The number of hydrogen-bond donors (Lipinski definition) is 2. The minimum atomic E-state index is 0.00851. The fourth-order valence-corrected chi connectivity index (χ4v) is 1.22. The van der Waals surface area contributed by atoms with E-state index in [1.54, 1.807) is 6.92 Å². The summed E-state index contributed by atoms with van der Waals surface area (Å²) in [7, 11) is 0. The normalized spacial score (nSPS) is 12.4. The van der Waals surface area contributed by atoms with E-state index in [4.69, 9.17) is 10.3 Å². The Hall–Kier alpha value is -1.43. The first-order chi connectivity index (χ1) is 7.61. The number of rotatable bonds is 6. The van der Waals surface area contributed by atoms with Gasteiger partial charge in [-0.25, -0.2) is 0 Å². The second-order valence-corrected chi connectivity index (χ2v) is 3.88. The monoisotopic (exact) mass is 226 g/mol. The molecule has 1 rings (SSSR count). The van der Waals surface area contributed by atoms with Crippen LogP contribution in [0.3, 0.4) is 0 Å². The average Bonchev–Trinajstić information content (AvgIpc) is 2.64. The molecule has 0 aromatic carbocycles. The predicted molar refractivity (Wildman–Crippen MR) is 58.6 cm³/mol. The van der Waals surface area contributed by atoms with Gasteiger partial charge in [0.05, 0.1) is 0 Å². The van der Waals surface area contributed by atoms with Gasteiger partial charge in [0.2, 0.25) is 11.8 Å². The topological polar surface area (TPSA) is 94.0 Å². The SMILES string of the molecule is Cc1noc(CCNC(=O)CC(C)CN)n1. The second-order valence-electron chi connectivity index (χ2n) is 3.88. The van der Waals surface area contributed by atoms with Crippen LogP contribution in [0.1, 0.15) is 25.1 Å². The zero-order chi connectivity index (χ0) is 12.0. The highest BCUT2D eigenvalue weighted by Crippen LogP contribution is 1.99. The standard InChI is InChI=1S/C10H18N4O2/c1-7(6-11)5-9(15)12-4-3-10-13-8(2)14-16-10/h7H,3-6,11H2,1-2H3,(H,12,15). The highest BCUT2D eigenvalue weighted by molar-refractivity contribution is 5.76. The van der Waals surface area contributed by atoms with Crippen LogP contribution in [0.4, 0.5) is 0 Å². The van der Waals surface area contributed by atoms with Crippen LogP contribution in [-0.2, 0) is 11.2 Å². The van der Waals surface area contributed by atoms with Crippen molar-refractivity contribution in [2.75, 3.05) is 13.1 Å². The lowest BCUT2D eigenvalue weighted by molar-refractivity contribution is -0.121. The predicted octanol–water partition coefficient (Wildman–Crippen LogP) is 0.0216. The molecule has 1 amide bonds. The Morgan fingerprint density at radius 3 is 2.94 bits per heavy atom. The summed E-state index contributed by atoms with van der Waals surface area (Å²) in [4.78, 5) is 15.4. The van der Waals surface area contributed by atoms with Crippen molar-refractivity contribution < 1.29 is 9.32 Å². The number of hydrogen-bond acceptors (Lipinski definition) is 5. The van der Waals surface area contributed by atoms with Crippen molar-refractivity contribution in [3.8, 4) is 0 Å². The minimum absolute atomic E-state index is 0.00851. The number of nitrogens with one attached hydrogen (secondary N) is 1. The smallest absolute Gasteiger partial charge is 0.228 e. The first kappa shape index (κ1) is 12.6. The van der Waals surface area contributed by atoms with Gasteiger partial charge in [-0.3, -0.25) is 4.79 Å². The van der Waals surface area contributed by atoms with Crippen LogP contribution in [0.2, 0.25) is 0 Å². The largest absolute Gasteiger partial charge is 0.356 e. The Balaban J connectivity index is 2.18. The van der Waals surface area contributed by atoms with Crippen molar-refractivity contribution in [1.29, 1.82) is 0 Å². The molecule has 6 nitrogen and oxygen atoms in total. The third-order valence-corrected chi connectivity index (χ3v) is 2.17. The van der Waals surface area contributed by atoms with Crippen LogP contribution in [0.5, 0.6) is 0 Å². The van der Waals surface area contributed by atoms with E-state index in [1.807, 2.05) is 6.92 Å². The van der Waals surface area contributed by atoms with E-state index in [0.717, 1.165) is 0 Å². The Labute approximate surface area is 94.6 Å². The van der Waals surface area contributed by atoms with E-state index in [-0.39, 0.29) is 11.8 Å². The van der Waals surface area contributed by atoms with E-state index >= 15 is 0 Å². The molecule has 0 spiro atoms. The van der Waals surface area contributed by atoms with Gasteiger partial charge >= 0.3 is 0 Å². The van der Waals surface area contributed by atoms with Gasteiger partial charge in [0.25, 0.3) is 0 Å². The fourth-order valence-electron chi connectivity index (χ4n) is 1.22. The van der Waals surface area contributed by atoms with Gasteiger partial charge in [0, 0.05) is 19.4 Å². The average molecular weight is 226 g/mol. The molecular weight excluding hydrogens is 208 g/mol. The third kappa shape index (κ3) is 4.39. The van der Waals surface area contributed by atoms with Gasteiger partial charge in [-0.1, -0.05) is 12.1 Å². The molecule has 0 fully saturated rings. The van der Waals surface area contributed by atoms with Crippen LogP contribution in [-0.4, -0.2) is 29.1 Å². The number of aryl methyl sites for hydroxylation is 1. The zero-order valence-electron chi connectivity index (χ0n) is 9.69. The number of aromatic nitrogens is 2. The molecule has 0 saturated carbocycles. The van der Waals surface area contributed by atoms with Crippen molar-refractivity contribution in [3.63, 3.8) is 0 Å². The summed E-state index contributed by atoms with van der Waals surface area (Å²) in [6.07, 6.45) is 1.02. The highest BCUT2D eigenvalue weighted by Gasteiger charge is 2.08. The van der Waals surface area contributed by atoms with Crippen molar-refractivity contribution >= 4 is 5.91 Å². The molecule has 0 aliphatic heterocycles. The van der Waals surface area contributed by atoms with Crippen LogP contribution in [0.15, 0.2) is 4.52 Å². The van der Waals surface area contributed by atoms with Gasteiger partial charge in [-0.05, 0) is 19.4 Å². The van der Waals surface area contributed by atoms with Crippen molar-refractivity contribution in [1.82, 2.24) is 15.5 Å². The molecule has 0 aliphatic carbocycles. The van der Waals surface area contributed by atoms with Gasteiger partial charge in [0.15, 0.2) is 5.82 Å². The molecule has 0 radical (unpaired) electrons. The van der Waals surface area contributed by atoms with E-state index in [9.17, 15) is 4.79 Å². The molecule has 1 atom stereocenters. The lowest BCUT2D eigenvalue weighted by atomic mass is 10.1. The molecule has 1 unspecified atom stereocenters. The molecular formula is C10H18N4O2.